The number of anilines is 1. The van der Waals surface area contributed by atoms with Crippen LogP contribution in [0.1, 0.15) is 52.2 Å². The fraction of sp³-hybridized carbons (Fsp3) is 0.222. The maximum atomic E-state index is 13.5. The number of fused-ring (bicyclic) bond motifs is 1. The summed E-state index contributed by atoms with van der Waals surface area (Å²) in [5, 5.41) is 11.8. The molecular formula is C27H24N4O5S. The molecule has 4 aromatic rings. The van der Waals surface area contributed by atoms with Crippen LogP contribution in [-0.2, 0) is 9.59 Å². The normalized spacial score (nSPS) is 17.1. The predicted octanol–water partition coefficient (Wildman–Crippen LogP) is 4.64. The average Bonchev–Trinajstić information content (AvgIpc) is 3.50. The van der Waals surface area contributed by atoms with E-state index in [1.807, 2.05) is 13.0 Å². The van der Waals surface area contributed by atoms with Gasteiger partial charge in [0.2, 0.25) is 0 Å². The molecule has 0 radical (unpaired) electrons. The number of aryl methyl sites for hydroxylation is 2. The summed E-state index contributed by atoms with van der Waals surface area (Å²) in [6.07, 6.45) is 1.73. The van der Waals surface area contributed by atoms with Gasteiger partial charge in [0.1, 0.15) is 17.1 Å². The standard InChI is InChI=1S/C27H24N4O5S/c1-5-36-18-11-9-17(10-12-18)22-20(23(33)21-14(2)28-19-8-6-7-13-30(19)21)24(34)26(35)31(22)27-29-15(3)25(37-27)16(4)32/h6-13,22,33H,5H2,1-4H3/b23-20+. The van der Waals surface area contributed by atoms with Crippen LogP contribution in [0.4, 0.5) is 5.13 Å². The number of hydrogen-bond donors (Lipinski definition) is 1. The summed E-state index contributed by atoms with van der Waals surface area (Å²) < 4.78 is 7.23. The van der Waals surface area contributed by atoms with Gasteiger partial charge in [0.15, 0.2) is 16.7 Å². The second kappa shape index (κ2) is 9.29. The van der Waals surface area contributed by atoms with Gasteiger partial charge in [0.05, 0.1) is 34.5 Å². The number of ether oxygens (including phenoxy) is 1. The highest BCUT2D eigenvalue weighted by Crippen LogP contribution is 2.44. The van der Waals surface area contributed by atoms with Gasteiger partial charge in [-0.1, -0.05) is 29.5 Å². The second-order valence-corrected chi connectivity index (χ2v) is 9.59. The van der Waals surface area contributed by atoms with Gasteiger partial charge in [0.25, 0.3) is 5.78 Å². The summed E-state index contributed by atoms with van der Waals surface area (Å²) in [5.74, 6) is -1.58. The Morgan fingerprint density at radius 2 is 1.81 bits per heavy atom. The highest BCUT2D eigenvalue weighted by atomic mass is 32.1. The molecule has 1 aliphatic heterocycles. The number of ketones is 2. The lowest BCUT2D eigenvalue weighted by Crippen LogP contribution is -2.29. The summed E-state index contributed by atoms with van der Waals surface area (Å²) >= 11 is 1.04. The maximum absolute atomic E-state index is 13.5. The Morgan fingerprint density at radius 3 is 2.46 bits per heavy atom. The molecular weight excluding hydrogens is 492 g/mol. The molecule has 1 aliphatic rings. The first kappa shape index (κ1) is 24.4. The molecule has 1 fully saturated rings. The number of Topliss-reactive ketones (excluding diaryl/α,β-unsaturated/α-hetero) is 2. The number of aliphatic hydroxyl groups is 1. The number of benzene rings is 1. The minimum atomic E-state index is -0.977. The number of carbonyl (C=O) groups excluding carboxylic acids is 3. The third kappa shape index (κ3) is 3.99. The molecule has 1 atom stereocenters. The number of pyridine rings is 1. The van der Waals surface area contributed by atoms with E-state index in [4.69, 9.17) is 4.74 Å². The van der Waals surface area contributed by atoms with Crippen LogP contribution in [0, 0.1) is 13.8 Å². The van der Waals surface area contributed by atoms with E-state index in [2.05, 4.69) is 9.97 Å². The van der Waals surface area contributed by atoms with Gasteiger partial charge in [0, 0.05) is 13.1 Å². The zero-order chi connectivity index (χ0) is 26.4. The molecule has 188 valence electrons. The number of carbonyl (C=O) groups is 3. The van der Waals surface area contributed by atoms with Crippen molar-refractivity contribution in [3.05, 3.63) is 81.8 Å². The fourth-order valence-corrected chi connectivity index (χ4v) is 5.59. The molecule has 4 heterocycles. The van der Waals surface area contributed by atoms with E-state index < -0.39 is 17.7 Å². The molecule has 0 saturated carbocycles. The lowest BCUT2D eigenvalue weighted by molar-refractivity contribution is -0.132. The van der Waals surface area contributed by atoms with Crippen molar-refractivity contribution in [2.24, 2.45) is 0 Å². The molecule has 1 aromatic carbocycles. The van der Waals surface area contributed by atoms with Gasteiger partial charge in [-0.2, -0.15) is 0 Å². The van der Waals surface area contributed by atoms with Gasteiger partial charge in [-0.3, -0.25) is 23.7 Å². The SMILES string of the molecule is CCOc1ccc(C2/C(=C(\O)c3c(C)nc4ccccn34)C(=O)C(=O)N2c2nc(C)c(C(C)=O)s2)cc1. The minimum absolute atomic E-state index is 0.0832. The van der Waals surface area contributed by atoms with Crippen molar-refractivity contribution in [1.29, 1.82) is 0 Å². The van der Waals surface area contributed by atoms with Crippen molar-refractivity contribution < 1.29 is 24.2 Å². The van der Waals surface area contributed by atoms with Gasteiger partial charge in [-0.05, 0) is 50.6 Å². The molecule has 9 nitrogen and oxygen atoms in total. The first-order chi connectivity index (χ1) is 17.7. The van der Waals surface area contributed by atoms with Gasteiger partial charge >= 0.3 is 5.91 Å². The fourth-order valence-electron chi connectivity index (χ4n) is 4.60. The number of rotatable bonds is 6. The monoisotopic (exact) mass is 516 g/mol. The maximum Gasteiger partial charge on any atom is 0.301 e. The Bertz CT molecular complexity index is 1600. The lowest BCUT2D eigenvalue weighted by atomic mass is 9.96. The third-order valence-electron chi connectivity index (χ3n) is 6.19. The predicted molar refractivity (Wildman–Crippen MR) is 139 cm³/mol. The first-order valence-corrected chi connectivity index (χ1v) is 12.5. The molecule has 3 aromatic heterocycles. The van der Waals surface area contributed by atoms with E-state index in [9.17, 15) is 19.5 Å². The third-order valence-corrected chi connectivity index (χ3v) is 7.45. The summed E-state index contributed by atoms with van der Waals surface area (Å²) in [7, 11) is 0. The average molecular weight is 517 g/mol. The smallest absolute Gasteiger partial charge is 0.301 e. The lowest BCUT2D eigenvalue weighted by Gasteiger charge is -2.23. The zero-order valence-corrected chi connectivity index (χ0v) is 21.5. The molecule has 37 heavy (non-hydrogen) atoms. The van der Waals surface area contributed by atoms with Crippen LogP contribution in [0.3, 0.4) is 0 Å². The second-order valence-electron chi connectivity index (χ2n) is 8.61. The largest absolute Gasteiger partial charge is 0.505 e. The molecule has 1 N–H and O–H groups in total. The minimum Gasteiger partial charge on any atom is -0.505 e. The zero-order valence-electron chi connectivity index (χ0n) is 20.7. The van der Waals surface area contributed by atoms with Gasteiger partial charge in [-0.15, -0.1) is 0 Å². The number of amides is 1. The van der Waals surface area contributed by atoms with E-state index in [1.54, 1.807) is 60.8 Å². The van der Waals surface area contributed by atoms with Crippen molar-refractivity contribution in [3.8, 4) is 5.75 Å². The summed E-state index contributed by atoms with van der Waals surface area (Å²) in [4.78, 5) is 49.6. The van der Waals surface area contributed by atoms with Gasteiger partial charge < -0.3 is 9.84 Å². The molecule has 0 spiro atoms. The molecule has 0 aliphatic carbocycles. The van der Waals surface area contributed by atoms with Crippen LogP contribution in [0.2, 0.25) is 0 Å². The first-order valence-electron chi connectivity index (χ1n) is 11.7. The number of aromatic nitrogens is 3. The van der Waals surface area contributed by atoms with E-state index in [-0.39, 0.29) is 22.2 Å². The van der Waals surface area contributed by atoms with E-state index in [0.717, 1.165) is 11.3 Å². The quantitative estimate of drug-likeness (QED) is 0.172. The van der Waals surface area contributed by atoms with Crippen molar-refractivity contribution in [1.82, 2.24) is 14.4 Å². The molecule has 10 heteroatoms. The van der Waals surface area contributed by atoms with Crippen LogP contribution < -0.4 is 9.64 Å². The van der Waals surface area contributed by atoms with E-state index in [0.29, 0.717) is 45.5 Å². The van der Waals surface area contributed by atoms with E-state index >= 15 is 0 Å². The van der Waals surface area contributed by atoms with Crippen molar-refractivity contribution in [3.63, 3.8) is 0 Å². The van der Waals surface area contributed by atoms with Crippen LogP contribution in [0.25, 0.3) is 11.4 Å². The molecule has 1 amide bonds. The number of nitrogens with zero attached hydrogens (tertiary/aromatic N) is 4. The van der Waals surface area contributed by atoms with Crippen molar-refractivity contribution >= 4 is 45.3 Å². The molecule has 5 rings (SSSR count). The Kier molecular flexibility index (Phi) is 6.12. The topological polar surface area (TPSA) is 114 Å². The van der Waals surface area contributed by atoms with Crippen molar-refractivity contribution in [2.75, 3.05) is 11.5 Å². The number of thiazole rings is 1. The van der Waals surface area contributed by atoms with Crippen LogP contribution in [0.5, 0.6) is 5.75 Å². The van der Waals surface area contributed by atoms with Crippen LogP contribution >= 0.6 is 11.3 Å². The summed E-state index contributed by atoms with van der Waals surface area (Å²) in [6.45, 7) is 7.19. The van der Waals surface area contributed by atoms with Crippen molar-refractivity contribution in [2.45, 2.75) is 33.7 Å². The molecule has 0 bridgehead atoms. The van der Waals surface area contributed by atoms with Gasteiger partial charge in [-0.25, -0.2) is 9.97 Å². The highest BCUT2D eigenvalue weighted by Gasteiger charge is 2.48. The Balaban J connectivity index is 1.75. The summed E-state index contributed by atoms with van der Waals surface area (Å²) in [5.41, 5.74) is 2.38. The number of aliphatic hydroxyl groups excluding tert-OH is 1. The van der Waals surface area contributed by atoms with E-state index in [1.165, 1.54) is 11.8 Å². The Hall–Kier alpha value is -4.31. The molecule has 1 saturated heterocycles. The number of hydrogen-bond acceptors (Lipinski definition) is 8. The van der Waals surface area contributed by atoms with Crippen LogP contribution in [-0.4, -0.2) is 43.6 Å². The Morgan fingerprint density at radius 1 is 1.08 bits per heavy atom. The van der Waals surface area contributed by atoms with Crippen LogP contribution in [0.15, 0.2) is 54.2 Å². The number of imidazole rings is 1. The Labute approximate surface area is 216 Å². The summed E-state index contributed by atoms with van der Waals surface area (Å²) in [6, 6.07) is 11.4. The molecule has 1 unspecified atom stereocenters. The highest BCUT2D eigenvalue weighted by molar-refractivity contribution is 7.18.